The van der Waals surface area contributed by atoms with Gasteiger partial charge in [-0.05, 0) is 29.8 Å². The number of hydrogen-bond acceptors (Lipinski definition) is 4. The fourth-order valence-electron chi connectivity index (χ4n) is 3.28. The number of carbonyl (C=O) groups is 1. The predicted octanol–water partition coefficient (Wildman–Crippen LogP) is 4.10. The lowest BCUT2D eigenvalue weighted by Gasteiger charge is -2.39. The van der Waals surface area contributed by atoms with Crippen LogP contribution in [0, 0.1) is 5.41 Å². The first-order valence-electron chi connectivity index (χ1n) is 8.34. The third-order valence-electron chi connectivity index (χ3n) is 4.67. The summed E-state index contributed by atoms with van der Waals surface area (Å²) < 4.78 is 16.8. The van der Waals surface area contributed by atoms with Crippen molar-refractivity contribution in [3.63, 3.8) is 0 Å². The highest BCUT2D eigenvalue weighted by molar-refractivity contribution is 5.75. The van der Waals surface area contributed by atoms with Crippen molar-refractivity contribution in [2.45, 2.75) is 19.9 Å². The molecule has 1 atom stereocenters. The average Bonchev–Trinajstić information content (AvgIpc) is 2.63. The number of benzene rings is 2. The van der Waals surface area contributed by atoms with Crippen molar-refractivity contribution < 1.29 is 24.1 Å². The molecule has 0 aromatic heterocycles. The van der Waals surface area contributed by atoms with Crippen molar-refractivity contribution in [2.75, 3.05) is 20.8 Å². The Kier molecular flexibility index (Phi) is 4.68. The first-order valence-corrected chi connectivity index (χ1v) is 8.34. The minimum absolute atomic E-state index is 0.381. The van der Waals surface area contributed by atoms with Gasteiger partial charge in [0.05, 0.1) is 26.9 Å². The number of carboxylic acid groups (broad SMARTS) is 1. The van der Waals surface area contributed by atoms with Gasteiger partial charge in [-0.15, -0.1) is 0 Å². The van der Waals surface area contributed by atoms with Crippen LogP contribution in [0.4, 0.5) is 4.79 Å². The number of fused-ring (bicyclic) bond motifs is 1. The van der Waals surface area contributed by atoms with Gasteiger partial charge in [0.2, 0.25) is 0 Å². The van der Waals surface area contributed by atoms with E-state index in [1.165, 1.54) is 0 Å². The van der Waals surface area contributed by atoms with E-state index in [2.05, 4.69) is 5.32 Å². The topological polar surface area (TPSA) is 77.0 Å². The molecule has 2 N–H and O–H groups in total. The fraction of sp³-hybridized carbons (Fsp3) is 0.350. The van der Waals surface area contributed by atoms with Gasteiger partial charge in [-0.25, -0.2) is 4.79 Å². The van der Waals surface area contributed by atoms with Gasteiger partial charge >= 0.3 is 6.09 Å². The van der Waals surface area contributed by atoms with Crippen LogP contribution >= 0.6 is 0 Å². The molecular weight excluding hydrogens is 334 g/mol. The van der Waals surface area contributed by atoms with Crippen LogP contribution in [-0.2, 0) is 0 Å². The zero-order valence-electron chi connectivity index (χ0n) is 15.3. The molecule has 0 fully saturated rings. The third-order valence-corrected chi connectivity index (χ3v) is 4.67. The molecule has 138 valence electrons. The van der Waals surface area contributed by atoms with E-state index in [0.29, 0.717) is 18.1 Å². The molecule has 0 spiro atoms. The quantitative estimate of drug-likeness (QED) is 0.861. The van der Waals surface area contributed by atoms with E-state index in [9.17, 15) is 9.90 Å². The summed E-state index contributed by atoms with van der Waals surface area (Å²) in [6.45, 7) is 4.35. The average molecular weight is 357 g/mol. The molecule has 6 heteroatoms. The molecular formula is C20H23NO5. The maximum Gasteiger partial charge on any atom is 0.405 e. The smallest absolute Gasteiger partial charge is 0.405 e. The Labute approximate surface area is 152 Å². The van der Waals surface area contributed by atoms with Crippen LogP contribution in [0.1, 0.15) is 25.5 Å². The second kappa shape index (κ2) is 6.78. The van der Waals surface area contributed by atoms with Gasteiger partial charge in [0, 0.05) is 16.5 Å². The zero-order valence-corrected chi connectivity index (χ0v) is 15.3. The molecule has 1 amide bonds. The van der Waals surface area contributed by atoms with Crippen molar-refractivity contribution in [3.8, 4) is 28.4 Å². The summed E-state index contributed by atoms with van der Waals surface area (Å²) in [5.74, 6) is 2.05. The molecule has 0 saturated carbocycles. The van der Waals surface area contributed by atoms with Crippen LogP contribution in [0.3, 0.4) is 0 Å². The molecule has 2 aromatic rings. The first-order chi connectivity index (χ1) is 12.4. The Balaban J connectivity index is 2.13. The summed E-state index contributed by atoms with van der Waals surface area (Å²) in [6, 6.07) is 11.0. The fourth-order valence-corrected chi connectivity index (χ4v) is 3.28. The molecule has 2 aromatic carbocycles. The normalized spacial score (nSPS) is 17.6. The van der Waals surface area contributed by atoms with Gasteiger partial charge < -0.3 is 24.6 Å². The van der Waals surface area contributed by atoms with Crippen molar-refractivity contribution in [3.05, 3.63) is 42.0 Å². The molecule has 1 heterocycles. The highest BCUT2D eigenvalue weighted by atomic mass is 16.5. The number of hydrogen-bond donors (Lipinski definition) is 2. The molecule has 1 aliphatic rings. The Bertz CT molecular complexity index is 831. The SMILES string of the molecule is COc1cccc(-c2cc3c(cc2OC)C(NC(=O)O)C(C)(C)CO3)c1. The standard InChI is InChI=1S/C20H23NO5/c1-20(2)11-26-17-9-14(12-6-5-7-13(8-12)24-3)16(25-4)10-15(17)18(20)21-19(22)23/h5-10,18,21H,11H2,1-4H3,(H,22,23). The van der Waals surface area contributed by atoms with Gasteiger partial charge in [-0.1, -0.05) is 26.0 Å². The predicted molar refractivity (Wildman–Crippen MR) is 98.2 cm³/mol. The lowest BCUT2D eigenvalue weighted by molar-refractivity contribution is 0.0993. The van der Waals surface area contributed by atoms with Crippen molar-refractivity contribution in [2.24, 2.45) is 5.41 Å². The Hall–Kier alpha value is -2.89. The van der Waals surface area contributed by atoms with E-state index in [1.54, 1.807) is 14.2 Å². The van der Waals surface area contributed by atoms with E-state index >= 15 is 0 Å². The van der Waals surface area contributed by atoms with Gasteiger partial charge in [-0.2, -0.15) is 0 Å². The number of methoxy groups -OCH3 is 2. The third kappa shape index (κ3) is 3.27. The molecule has 1 unspecified atom stereocenters. The van der Waals surface area contributed by atoms with Crippen molar-refractivity contribution in [1.82, 2.24) is 5.32 Å². The van der Waals surface area contributed by atoms with E-state index < -0.39 is 12.1 Å². The van der Waals surface area contributed by atoms with Gasteiger partial charge in [0.1, 0.15) is 17.2 Å². The summed E-state index contributed by atoms with van der Waals surface area (Å²) in [5, 5.41) is 11.9. The molecule has 0 radical (unpaired) electrons. The summed E-state index contributed by atoms with van der Waals surface area (Å²) >= 11 is 0. The van der Waals surface area contributed by atoms with Gasteiger partial charge in [0.15, 0.2) is 0 Å². The Morgan fingerprint density at radius 2 is 2.00 bits per heavy atom. The van der Waals surface area contributed by atoms with E-state index in [-0.39, 0.29) is 5.41 Å². The zero-order chi connectivity index (χ0) is 18.9. The highest BCUT2D eigenvalue weighted by Crippen LogP contribution is 2.47. The molecule has 0 bridgehead atoms. The van der Waals surface area contributed by atoms with Crippen molar-refractivity contribution in [1.29, 1.82) is 0 Å². The monoisotopic (exact) mass is 357 g/mol. The van der Waals surface area contributed by atoms with Gasteiger partial charge in [0.25, 0.3) is 0 Å². The molecule has 0 aliphatic carbocycles. The Morgan fingerprint density at radius 1 is 1.23 bits per heavy atom. The summed E-state index contributed by atoms with van der Waals surface area (Å²) in [5.41, 5.74) is 2.18. The maximum atomic E-state index is 11.3. The van der Waals surface area contributed by atoms with Crippen LogP contribution < -0.4 is 19.5 Å². The molecule has 0 saturated heterocycles. The van der Waals surface area contributed by atoms with Crippen LogP contribution in [0.15, 0.2) is 36.4 Å². The largest absolute Gasteiger partial charge is 0.497 e. The summed E-state index contributed by atoms with van der Waals surface area (Å²) in [6.07, 6.45) is -1.06. The lowest BCUT2D eigenvalue weighted by atomic mass is 9.78. The molecule has 6 nitrogen and oxygen atoms in total. The van der Waals surface area contributed by atoms with Crippen molar-refractivity contribution >= 4 is 6.09 Å². The minimum Gasteiger partial charge on any atom is -0.497 e. The second-order valence-electron chi connectivity index (χ2n) is 6.98. The Morgan fingerprint density at radius 3 is 2.65 bits per heavy atom. The van der Waals surface area contributed by atoms with Crippen LogP contribution in [0.25, 0.3) is 11.1 Å². The van der Waals surface area contributed by atoms with Gasteiger partial charge in [-0.3, -0.25) is 0 Å². The van der Waals surface area contributed by atoms with E-state index in [4.69, 9.17) is 14.2 Å². The lowest BCUT2D eigenvalue weighted by Crippen LogP contribution is -2.43. The number of ether oxygens (including phenoxy) is 3. The van der Waals surface area contributed by atoms with E-state index in [1.807, 2.05) is 50.2 Å². The number of amides is 1. The van der Waals surface area contributed by atoms with Crippen LogP contribution in [0.5, 0.6) is 17.2 Å². The maximum absolute atomic E-state index is 11.3. The summed E-state index contributed by atoms with van der Waals surface area (Å²) in [4.78, 5) is 11.3. The highest BCUT2D eigenvalue weighted by Gasteiger charge is 2.39. The second-order valence-corrected chi connectivity index (χ2v) is 6.98. The number of nitrogens with one attached hydrogen (secondary N) is 1. The van der Waals surface area contributed by atoms with Crippen LogP contribution in [0.2, 0.25) is 0 Å². The molecule has 1 aliphatic heterocycles. The van der Waals surface area contributed by atoms with E-state index in [0.717, 1.165) is 22.4 Å². The first kappa shape index (κ1) is 17.9. The molecule has 26 heavy (non-hydrogen) atoms. The molecule has 3 rings (SSSR count). The minimum atomic E-state index is -1.06. The van der Waals surface area contributed by atoms with Crippen LogP contribution in [-0.4, -0.2) is 32.0 Å². The number of rotatable bonds is 4. The summed E-state index contributed by atoms with van der Waals surface area (Å²) in [7, 11) is 3.22.